The van der Waals surface area contributed by atoms with Gasteiger partial charge < -0.3 is 15.1 Å². The summed E-state index contributed by atoms with van der Waals surface area (Å²) >= 11 is 0. The van der Waals surface area contributed by atoms with E-state index in [1.54, 1.807) is 17.0 Å². The number of amides is 2. The number of anilines is 2. The van der Waals surface area contributed by atoms with Crippen LogP contribution in [0.15, 0.2) is 48.5 Å². The van der Waals surface area contributed by atoms with Gasteiger partial charge in [0.25, 0.3) is 0 Å². The van der Waals surface area contributed by atoms with Crippen molar-refractivity contribution >= 4 is 23.2 Å². The highest BCUT2D eigenvalue weighted by atomic mass is 19.1. The molecule has 6 heteroatoms. The number of hydrogen-bond acceptors (Lipinski definition) is 3. The van der Waals surface area contributed by atoms with Crippen LogP contribution in [0.4, 0.5) is 15.8 Å². The second-order valence-electron chi connectivity index (χ2n) is 6.51. The molecule has 0 aliphatic heterocycles. The van der Waals surface area contributed by atoms with Gasteiger partial charge in [-0.05, 0) is 55.8 Å². The fourth-order valence-electron chi connectivity index (χ4n) is 3.06. The first kappa shape index (κ1) is 21.4. The number of nitrogens with zero attached hydrogens (tertiary/aromatic N) is 2. The van der Waals surface area contributed by atoms with E-state index in [0.29, 0.717) is 13.1 Å². The topological polar surface area (TPSA) is 52.6 Å². The molecule has 2 amide bonds. The summed E-state index contributed by atoms with van der Waals surface area (Å²) in [5.74, 6) is -0.566. The van der Waals surface area contributed by atoms with Crippen molar-refractivity contribution in [1.82, 2.24) is 5.32 Å². The van der Waals surface area contributed by atoms with E-state index in [1.807, 2.05) is 24.3 Å². The molecular weight excluding hydrogens is 357 g/mol. The summed E-state index contributed by atoms with van der Waals surface area (Å²) in [7, 11) is 0. The summed E-state index contributed by atoms with van der Waals surface area (Å²) in [5.41, 5.74) is 2.66. The highest BCUT2D eigenvalue weighted by Crippen LogP contribution is 2.20. The van der Waals surface area contributed by atoms with E-state index in [4.69, 9.17) is 0 Å². The molecule has 28 heavy (non-hydrogen) atoms. The molecule has 0 aromatic heterocycles. The van der Waals surface area contributed by atoms with Gasteiger partial charge in [-0.1, -0.05) is 12.1 Å². The number of nitrogens with one attached hydrogen (secondary N) is 1. The van der Waals surface area contributed by atoms with Crippen molar-refractivity contribution in [3.05, 3.63) is 59.9 Å². The number of carbonyl (C=O) groups excluding carboxylic acids is 2. The first-order chi connectivity index (χ1) is 13.4. The predicted molar refractivity (Wildman–Crippen MR) is 111 cm³/mol. The van der Waals surface area contributed by atoms with Gasteiger partial charge in [0.2, 0.25) is 11.8 Å². The van der Waals surface area contributed by atoms with Crippen LogP contribution in [0.5, 0.6) is 0 Å². The second-order valence-corrected chi connectivity index (χ2v) is 6.51. The van der Waals surface area contributed by atoms with Crippen molar-refractivity contribution in [3.8, 4) is 0 Å². The lowest BCUT2D eigenvalue weighted by Gasteiger charge is -2.24. The smallest absolute Gasteiger partial charge is 0.224 e. The van der Waals surface area contributed by atoms with Crippen LogP contribution in [0, 0.1) is 5.82 Å². The third-order valence-corrected chi connectivity index (χ3v) is 4.61. The van der Waals surface area contributed by atoms with Crippen LogP contribution in [-0.4, -0.2) is 38.0 Å². The van der Waals surface area contributed by atoms with Gasteiger partial charge in [0.1, 0.15) is 5.82 Å². The largest absolute Gasteiger partial charge is 0.372 e. The molecular formula is C22H28FN3O2. The molecule has 0 saturated heterocycles. The summed E-state index contributed by atoms with van der Waals surface area (Å²) in [5, 5.41) is 2.81. The predicted octanol–water partition coefficient (Wildman–Crippen LogP) is 3.38. The molecule has 2 aromatic rings. The van der Waals surface area contributed by atoms with Crippen molar-refractivity contribution in [2.75, 3.05) is 36.0 Å². The Labute approximate surface area is 166 Å². The van der Waals surface area contributed by atoms with E-state index in [2.05, 4.69) is 24.1 Å². The Balaban J connectivity index is 1.91. The second kappa shape index (κ2) is 10.4. The lowest BCUT2D eigenvalue weighted by Crippen LogP contribution is -2.38. The van der Waals surface area contributed by atoms with Crippen molar-refractivity contribution in [2.45, 2.75) is 27.2 Å². The average Bonchev–Trinajstić information content (AvgIpc) is 2.68. The molecule has 5 nitrogen and oxygen atoms in total. The molecule has 150 valence electrons. The van der Waals surface area contributed by atoms with E-state index >= 15 is 0 Å². The van der Waals surface area contributed by atoms with Crippen LogP contribution in [0.25, 0.3) is 0 Å². The SMILES string of the molecule is CCN(CC)c1ccc(N(CCNC(=O)Cc2ccc(F)cc2)C(C)=O)cc1. The molecule has 0 aliphatic rings. The maximum atomic E-state index is 12.9. The minimum absolute atomic E-state index is 0.0802. The zero-order valence-corrected chi connectivity index (χ0v) is 16.7. The molecule has 0 fully saturated rings. The van der Waals surface area contributed by atoms with Gasteiger partial charge in [-0.15, -0.1) is 0 Å². The van der Waals surface area contributed by atoms with Crippen molar-refractivity contribution in [3.63, 3.8) is 0 Å². The summed E-state index contributed by atoms with van der Waals surface area (Å²) in [6.07, 6.45) is 0.179. The minimum Gasteiger partial charge on any atom is -0.372 e. The summed E-state index contributed by atoms with van der Waals surface area (Å²) < 4.78 is 12.9. The highest BCUT2D eigenvalue weighted by Gasteiger charge is 2.13. The molecule has 0 spiro atoms. The Hall–Kier alpha value is -2.89. The van der Waals surface area contributed by atoms with E-state index in [-0.39, 0.29) is 24.1 Å². The van der Waals surface area contributed by atoms with Crippen LogP contribution in [-0.2, 0) is 16.0 Å². The van der Waals surface area contributed by atoms with Gasteiger partial charge in [0, 0.05) is 44.5 Å². The molecule has 0 bridgehead atoms. The Bertz CT molecular complexity index is 771. The minimum atomic E-state index is -0.326. The first-order valence-corrected chi connectivity index (χ1v) is 9.58. The quantitative estimate of drug-likeness (QED) is 0.720. The van der Waals surface area contributed by atoms with E-state index < -0.39 is 0 Å². The van der Waals surface area contributed by atoms with Crippen LogP contribution in [0.1, 0.15) is 26.3 Å². The average molecular weight is 385 g/mol. The monoisotopic (exact) mass is 385 g/mol. The van der Waals surface area contributed by atoms with Crippen LogP contribution < -0.4 is 15.1 Å². The number of halogens is 1. The zero-order valence-electron chi connectivity index (χ0n) is 16.7. The van der Waals surface area contributed by atoms with Gasteiger partial charge in [0.05, 0.1) is 6.42 Å². The fraction of sp³-hybridized carbons (Fsp3) is 0.364. The molecule has 0 unspecified atom stereocenters. The molecule has 2 rings (SSSR count). The van der Waals surface area contributed by atoms with Crippen molar-refractivity contribution < 1.29 is 14.0 Å². The molecule has 0 saturated carbocycles. The van der Waals surface area contributed by atoms with Crippen LogP contribution in [0.2, 0.25) is 0 Å². The number of benzene rings is 2. The van der Waals surface area contributed by atoms with Gasteiger partial charge in [-0.25, -0.2) is 4.39 Å². The summed E-state index contributed by atoms with van der Waals surface area (Å²) in [6, 6.07) is 13.7. The summed E-state index contributed by atoms with van der Waals surface area (Å²) in [4.78, 5) is 28.0. The molecule has 2 aromatic carbocycles. The maximum absolute atomic E-state index is 12.9. The zero-order chi connectivity index (χ0) is 20.5. The Morgan fingerprint density at radius 1 is 0.929 bits per heavy atom. The normalized spacial score (nSPS) is 10.4. The summed E-state index contributed by atoms with van der Waals surface area (Å²) in [6.45, 7) is 8.30. The number of hydrogen-bond donors (Lipinski definition) is 1. The number of rotatable bonds is 9. The third kappa shape index (κ3) is 6.08. The van der Waals surface area contributed by atoms with Crippen molar-refractivity contribution in [1.29, 1.82) is 0 Å². The third-order valence-electron chi connectivity index (χ3n) is 4.61. The van der Waals surface area contributed by atoms with E-state index in [9.17, 15) is 14.0 Å². The van der Waals surface area contributed by atoms with Crippen molar-refractivity contribution in [2.24, 2.45) is 0 Å². The van der Waals surface area contributed by atoms with E-state index in [1.165, 1.54) is 19.1 Å². The van der Waals surface area contributed by atoms with E-state index in [0.717, 1.165) is 30.0 Å². The molecule has 0 aliphatic carbocycles. The molecule has 0 radical (unpaired) electrons. The lowest BCUT2D eigenvalue weighted by molar-refractivity contribution is -0.121. The molecule has 0 heterocycles. The first-order valence-electron chi connectivity index (χ1n) is 9.58. The highest BCUT2D eigenvalue weighted by molar-refractivity contribution is 5.91. The molecule has 0 atom stereocenters. The fourth-order valence-corrected chi connectivity index (χ4v) is 3.06. The Morgan fingerprint density at radius 2 is 1.50 bits per heavy atom. The molecule has 1 N–H and O–H groups in total. The Morgan fingerprint density at radius 3 is 2.04 bits per heavy atom. The van der Waals surface area contributed by atoms with Crippen LogP contribution >= 0.6 is 0 Å². The van der Waals surface area contributed by atoms with Gasteiger partial charge in [-0.2, -0.15) is 0 Å². The standard InChI is InChI=1S/C22H28FN3O2/c1-4-25(5-2)20-10-12-21(13-11-20)26(17(3)27)15-14-24-22(28)16-18-6-8-19(23)9-7-18/h6-13H,4-5,14-16H2,1-3H3,(H,24,28). The van der Waals surface area contributed by atoms with Crippen LogP contribution in [0.3, 0.4) is 0 Å². The maximum Gasteiger partial charge on any atom is 0.224 e. The van der Waals surface area contributed by atoms with Gasteiger partial charge >= 0.3 is 0 Å². The van der Waals surface area contributed by atoms with Gasteiger partial charge in [-0.3, -0.25) is 9.59 Å². The Kier molecular flexibility index (Phi) is 7.99. The van der Waals surface area contributed by atoms with Gasteiger partial charge in [0.15, 0.2) is 0 Å². The number of carbonyl (C=O) groups is 2. The lowest BCUT2D eigenvalue weighted by atomic mass is 10.1.